The number of fused-ring (bicyclic) bond motifs is 1. The van der Waals surface area contributed by atoms with Gasteiger partial charge in [0.1, 0.15) is 40.4 Å². The van der Waals surface area contributed by atoms with E-state index in [2.05, 4.69) is 25.1 Å². The number of H-pyrrole nitrogens is 1. The molecule has 5 aromatic rings. The van der Waals surface area contributed by atoms with E-state index < -0.39 is 28.6 Å². The van der Waals surface area contributed by atoms with Crippen LogP contribution in [-0.4, -0.2) is 48.0 Å². The fourth-order valence-electron chi connectivity index (χ4n) is 4.91. The number of hydrogen-bond donors (Lipinski definition) is 1. The van der Waals surface area contributed by atoms with Crippen LogP contribution in [0.5, 0.6) is 0 Å². The van der Waals surface area contributed by atoms with E-state index in [9.17, 15) is 22.4 Å². The summed E-state index contributed by atoms with van der Waals surface area (Å²) in [6.07, 6.45) is 0.0184. The van der Waals surface area contributed by atoms with Crippen molar-refractivity contribution in [2.24, 2.45) is 7.05 Å². The largest absolute Gasteiger partial charge is 0.419 e. The molecule has 1 aliphatic rings. The first kappa shape index (κ1) is 26.8. The van der Waals surface area contributed by atoms with Gasteiger partial charge in [-0.3, -0.25) is 9.36 Å². The van der Waals surface area contributed by atoms with Crippen molar-refractivity contribution in [3.63, 3.8) is 0 Å². The number of imidazole rings is 1. The molecule has 9 nitrogen and oxygen atoms in total. The predicted molar refractivity (Wildman–Crippen MR) is 142 cm³/mol. The second kappa shape index (κ2) is 10.2. The number of hydrogen-bond acceptors (Lipinski definition) is 6. The highest BCUT2D eigenvalue weighted by Gasteiger charge is 2.36. The SMILES string of the molecule is COCCCc1nc2c(C(F)(F)F)cn(-c3cc(-c4ccc(F)cc4-c4nncn4C)cc(C4CC4)n3)c(=O)c2[nH]1. The normalized spacial score (nSPS) is 13.8. The molecule has 0 spiro atoms. The highest BCUT2D eigenvalue weighted by atomic mass is 19.4. The van der Waals surface area contributed by atoms with E-state index in [0.717, 1.165) is 23.6 Å². The second-order valence-electron chi connectivity index (χ2n) is 10.1. The summed E-state index contributed by atoms with van der Waals surface area (Å²) in [5.74, 6) is 0.305. The van der Waals surface area contributed by atoms with Crippen molar-refractivity contribution in [2.75, 3.05) is 13.7 Å². The lowest BCUT2D eigenvalue weighted by molar-refractivity contribution is -0.136. The van der Waals surface area contributed by atoms with Gasteiger partial charge < -0.3 is 14.3 Å². The Morgan fingerprint density at radius 2 is 1.93 bits per heavy atom. The van der Waals surface area contributed by atoms with Gasteiger partial charge in [0.2, 0.25) is 0 Å². The predicted octanol–water partition coefficient (Wildman–Crippen LogP) is 5.19. The fraction of sp³-hybridized carbons (Fsp3) is 0.321. The lowest BCUT2D eigenvalue weighted by atomic mass is 9.98. The third kappa shape index (κ3) is 5.12. The maximum atomic E-state index is 14.4. The highest BCUT2D eigenvalue weighted by Crippen LogP contribution is 2.42. The van der Waals surface area contributed by atoms with Gasteiger partial charge in [0.25, 0.3) is 5.56 Å². The Hall–Kier alpha value is -4.39. The van der Waals surface area contributed by atoms with Crippen LogP contribution in [0.2, 0.25) is 0 Å². The maximum Gasteiger partial charge on any atom is 0.419 e. The number of rotatable bonds is 8. The Morgan fingerprint density at radius 1 is 1.12 bits per heavy atom. The number of nitrogens with zero attached hydrogens (tertiary/aromatic N) is 6. The Kier molecular flexibility index (Phi) is 6.68. The smallest absolute Gasteiger partial charge is 0.385 e. The third-order valence-corrected chi connectivity index (χ3v) is 7.09. The summed E-state index contributed by atoms with van der Waals surface area (Å²) in [4.78, 5) is 25.1. The van der Waals surface area contributed by atoms with Crippen LogP contribution in [0.3, 0.4) is 0 Å². The molecule has 41 heavy (non-hydrogen) atoms. The molecule has 0 unspecified atom stereocenters. The van der Waals surface area contributed by atoms with E-state index in [1.165, 1.54) is 31.6 Å². The van der Waals surface area contributed by atoms with Crippen LogP contribution in [0.1, 0.15) is 42.3 Å². The fourth-order valence-corrected chi connectivity index (χ4v) is 4.91. The first-order chi connectivity index (χ1) is 19.6. The summed E-state index contributed by atoms with van der Waals surface area (Å²) in [6.45, 7) is 0.397. The Bertz CT molecular complexity index is 1820. The standard InChI is InChI=1S/C28H25F4N7O2/c1-38-14-33-37-26(38)19-12-17(29)7-8-18(19)16-10-21(15-5-6-15)34-23(11-16)39-13-20(28(30,31)32)24-25(27(39)40)36-22(35-24)4-3-9-41-2/h7-8,10-15H,3-6,9H2,1-2H3,(H,35,36). The van der Waals surface area contributed by atoms with Gasteiger partial charge in [0, 0.05) is 50.6 Å². The molecule has 0 bridgehead atoms. The number of alkyl halides is 3. The lowest BCUT2D eigenvalue weighted by Crippen LogP contribution is -2.23. The minimum absolute atomic E-state index is 0.0190. The van der Waals surface area contributed by atoms with E-state index >= 15 is 0 Å². The molecule has 4 heterocycles. The molecule has 1 aromatic carbocycles. The molecule has 6 rings (SSSR count). The van der Waals surface area contributed by atoms with Gasteiger partial charge in [0.15, 0.2) is 5.82 Å². The molecule has 13 heteroatoms. The molecule has 0 saturated heterocycles. The molecular weight excluding hydrogens is 542 g/mol. The van der Waals surface area contributed by atoms with Gasteiger partial charge in [-0.15, -0.1) is 10.2 Å². The summed E-state index contributed by atoms with van der Waals surface area (Å²) in [7, 11) is 3.25. The van der Waals surface area contributed by atoms with Crippen LogP contribution in [0.15, 0.2) is 47.7 Å². The van der Waals surface area contributed by atoms with E-state index in [-0.39, 0.29) is 23.1 Å². The topological polar surface area (TPSA) is 104 Å². The van der Waals surface area contributed by atoms with E-state index in [4.69, 9.17) is 4.74 Å². The molecule has 0 amide bonds. The first-order valence-corrected chi connectivity index (χ1v) is 13.0. The zero-order valence-electron chi connectivity index (χ0n) is 22.2. The second-order valence-corrected chi connectivity index (χ2v) is 10.1. The van der Waals surface area contributed by atoms with Crippen molar-refractivity contribution in [2.45, 2.75) is 37.8 Å². The zero-order chi connectivity index (χ0) is 28.9. The molecule has 4 aromatic heterocycles. The molecule has 0 aliphatic heterocycles. The number of aryl methyl sites for hydroxylation is 2. The number of benzene rings is 1. The number of nitrogens with one attached hydrogen (secondary N) is 1. The Morgan fingerprint density at radius 3 is 2.61 bits per heavy atom. The quantitative estimate of drug-likeness (QED) is 0.205. The van der Waals surface area contributed by atoms with Crippen LogP contribution in [0, 0.1) is 5.82 Å². The molecule has 1 aliphatic carbocycles. The summed E-state index contributed by atoms with van der Waals surface area (Å²) in [6, 6.07) is 7.55. The number of aromatic nitrogens is 7. The number of methoxy groups -OCH3 is 1. The molecule has 0 radical (unpaired) electrons. The van der Waals surface area contributed by atoms with Crippen molar-refractivity contribution in [1.29, 1.82) is 0 Å². The third-order valence-electron chi connectivity index (χ3n) is 7.09. The van der Waals surface area contributed by atoms with Crippen LogP contribution in [0.4, 0.5) is 17.6 Å². The van der Waals surface area contributed by atoms with Gasteiger partial charge in [-0.2, -0.15) is 13.2 Å². The average molecular weight is 568 g/mol. The first-order valence-electron chi connectivity index (χ1n) is 13.0. The van der Waals surface area contributed by atoms with Crippen molar-refractivity contribution in [1.82, 2.24) is 34.3 Å². The minimum Gasteiger partial charge on any atom is -0.385 e. The van der Waals surface area contributed by atoms with Gasteiger partial charge in [-0.1, -0.05) is 6.07 Å². The Labute approximate surface area is 230 Å². The Balaban J connectivity index is 1.56. The van der Waals surface area contributed by atoms with Crippen molar-refractivity contribution < 1.29 is 22.3 Å². The number of ether oxygens (including phenoxy) is 1. The van der Waals surface area contributed by atoms with Gasteiger partial charge in [0.05, 0.1) is 0 Å². The van der Waals surface area contributed by atoms with Crippen LogP contribution >= 0.6 is 0 Å². The van der Waals surface area contributed by atoms with Crippen molar-refractivity contribution >= 4 is 11.0 Å². The van der Waals surface area contributed by atoms with E-state index in [1.807, 2.05) is 6.07 Å². The molecule has 1 N–H and O–H groups in total. The summed E-state index contributed by atoms with van der Waals surface area (Å²) < 4.78 is 64.7. The monoisotopic (exact) mass is 567 g/mol. The molecule has 0 atom stereocenters. The van der Waals surface area contributed by atoms with Crippen LogP contribution < -0.4 is 5.56 Å². The number of pyridine rings is 2. The van der Waals surface area contributed by atoms with Gasteiger partial charge in [-0.25, -0.2) is 14.4 Å². The molecule has 1 fully saturated rings. The maximum absolute atomic E-state index is 14.4. The van der Waals surface area contributed by atoms with Crippen molar-refractivity contribution in [3.8, 4) is 28.3 Å². The van der Waals surface area contributed by atoms with Gasteiger partial charge >= 0.3 is 6.18 Å². The van der Waals surface area contributed by atoms with E-state index in [0.29, 0.717) is 47.7 Å². The minimum atomic E-state index is -4.78. The average Bonchev–Trinajstić information content (AvgIpc) is 3.56. The molecule has 1 saturated carbocycles. The van der Waals surface area contributed by atoms with Crippen LogP contribution in [-0.2, 0) is 24.4 Å². The van der Waals surface area contributed by atoms with Gasteiger partial charge in [-0.05, 0) is 54.7 Å². The lowest BCUT2D eigenvalue weighted by Gasteiger charge is -2.15. The highest BCUT2D eigenvalue weighted by molar-refractivity contribution is 5.82. The zero-order valence-corrected chi connectivity index (χ0v) is 22.2. The van der Waals surface area contributed by atoms with E-state index in [1.54, 1.807) is 17.7 Å². The molecule has 212 valence electrons. The molecular formula is C28H25F4N7O2. The summed E-state index contributed by atoms with van der Waals surface area (Å²) in [5.41, 5.74) is -0.254. The number of aromatic amines is 1. The summed E-state index contributed by atoms with van der Waals surface area (Å²) >= 11 is 0. The summed E-state index contributed by atoms with van der Waals surface area (Å²) in [5, 5.41) is 8.00. The van der Waals surface area contributed by atoms with Crippen LogP contribution in [0.25, 0.3) is 39.4 Å². The van der Waals surface area contributed by atoms with Crippen molar-refractivity contribution in [3.05, 3.63) is 76.1 Å². The number of halogens is 4.